The highest BCUT2D eigenvalue weighted by Gasteiger charge is 2.41. The first kappa shape index (κ1) is 19.0. The molecule has 1 aromatic carbocycles. The molecule has 2 bridgehead atoms. The number of sulfonamides is 1. The number of piperidine rings is 1. The molecule has 0 N–H and O–H groups in total. The molecular weight excluding hydrogens is 380 g/mol. The largest absolute Gasteiger partial charge is 0.496 e. The van der Waals surface area contributed by atoms with Crippen LogP contribution in [0.4, 0.5) is 0 Å². The van der Waals surface area contributed by atoms with Gasteiger partial charge in [-0.2, -0.15) is 4.31 Å². The fourth-order valence-corrected chi connectivity index (χ4v) is 5.97. The minimum Gasteiger partial charge on any atom is -0.496 e. The van der Waals surface area contributed by atoms with E-state index in [-0.39, 0.29) is 22.8 Å². The lowest BCUT2D eigenvalue weighted by atomic mass is 9.97. The predicted octanol–water partition coefficient (Wildman–Crippen LogP) is 2.59. The van der Waals surface area contributed by atoms with Gasteiger partial charge in [-0.15, -0.1) is 0 Å². The molecule has 3 fully saturated rings. The summed E-state index contributed by atoms with van der Waals surface area (Å²) in [6, 6.07) is 6.48. The number of hydrogen-bond donors (Lipinski definition) is 0. The maximum atomic E-state index is 13.5. The molecule has 0 radical (unpaired) electrons. The van der Waals surface area contributed by atoms with Gasteiger partial charge in [-0.3, -0.25) is 4.79 Å². The molecule has 3 saturated heterocycles. The van der Waals surface area contributed by atoms with Crippen LogP contribution in [0.15, 0.2) is 46.1 Å². The average Bonchev–Trinajstić information content (AvgIpc) is 3.06. The lowest BCUT2D eigenvalue weighted by Gasteiger charge is -2.35. The van der Waals surface area contributed by atoms with E-state index in [0.717, 1.165) is 18.4 Å². The number of ether oxygens (including phenoxy) is 1. The second-order valence-corrected chi connectivity index (χ2v) is 9.36. The van der Waals surface area contributed by atoms with Crippen LogP contribution < -0.4 is 4.74 Å². The van der Waals surface area contributed by atoms with Gasteiger partial charge < -0.3 is 14.1 Å². The van der Waals surface area contributed by atoms with Crippen molar-refractivity contribution >= 4 is 15.9 Å². The van der Waals surface area contributed by atoms with Gasteiger partial charge in [-0.1, -0.05) is 0 Å². The fourth-order valence-electron chi connectivity index (χ4n) is 4.22. The first-order chi connectivity index (χ1) is 13.4. The zero-order valence-electron chi connectivity index (χ0n) is 16.0. The van der Waals surface area contributed by atoms with Crippen molar-refractivity contribution in [3.8, 4) is 16.9 Å². The number of amides is 1. The number of nitrogens with zero attached hydrogens (tertiary/aromatic N) is 2. The number of hydrogen-bond acceptors (Lipinski definition) is 5. The molecule has 7 nitrogen and oxygen atoms in total. The Morgan fingerprint density at radius 2 is 2.00 bits per heavy atom. The summed E-state index contributed by atoms with van der Waals surface area (Å²) in [5, 5.41) is 0. The Hall–Kier alpha value is -2.32. The van der Waals surface area contributed by atoms with Crippen molar-refractivity contribution in [1.29, 1.82) is 0 Å². The number of carbonyl (C=O) groups excluding carboxylic acids is 1. The van der Waals surface area contributed by atoms with E-state index in [1.54, 1.807) is 60.0 Å². The predicted molar refractivity (Wildman–Crippen MR) is 103 cm³/mol. The molecule has 2 aromatic rings. The number of fused-ring (bicyclic) bond motifs is 4. The molecule has 1 amide bonds. The van der Waals surface area contributed by atoms with Crippen LogP contribution in [0.3, 0.4) is 0 Å². The Balaban J connectivity index is 1.71. The van der Waals surface area contributed by atoms with E-state index in [1.807, 2.05) is 0 Å². The van der Waals surface area contributed by atoms with E-state index in [4.69, 9.17) is 9.15 Å². The summed E-state index contributed by atoms with van der Waals surface area (Å²) in [5.41, 5.74) is 1.43. The summed E-state index contributed by atoms with van der Waals surface area (Å²) >= 11 is 0. The first-order valence-electron chi connectivity index (χ1n) is 9.38. The third-order valence-corrected chi connectivity index (χ3v) is 7.63. The van der Waals surface area contributed by atoms with E-state index in [0.29, 0.717) is 30.9 Å². The Morgan fingerprint density at radius 3 is 2.68 bits per heavy atom. The number of methoxy groups -OCH3 is 1. The quantitative estimate of drug-likeness (QED) is 0.783. The van der Waals surface area contributed by atoms with Crippen LogP contribution in [0, 0.1) is 5.92 Å². The van der Waals surface area contributed by atoms with E-state index >= 15 is 0 Å². The van der Waals surface area contributed by atoms with Crippen LogP contribution in [-0.2, 0) is 14.8 Å². The van der Waals surface area contributed by atoms with Crippen LogP contribution >= 0.6 is 0 Å². The van der Waals surface area contributed by atoms with Gasteiger partial charge in [0.1, 0.15) is 5.75 Å². The molecule has 0 spiro atoms. The van der Waals surface area contributed by atoms with Crippen LogP contribution in [0.25, 0.3) is 11.1 Å². The van der Waals surface area contributed by atoms with Gasteiger partial charge in [0.15, 0.2) is 0 Å². The van der Waals surface area contributed by atoms with Gasteiger partial charge in [-0.05, 0) is 43.0 Å². The summed E-state index contributed by atoms with van der Waals surface area (Å²) in [4.78, 5) is 13.9. The van der Waals surface area contributed by atoms with Crippen LogP contribution in [0.2, 0.25) is 0 Å². The van der Waals surface area contributed by atoms with Gasteiger partial charge in [0, 0.05) is 43.7 Å². The highest BCUT2D eigenvalue weighted by atomic mass is 32.2. The molecule has 3 aliphatic heterocycles. The Labute approximate surface area is 164 Å². The van der Waals surface area contributed by atoms with Crippen molar-refractivity contribution < 1.29 is 22.4 Å². The molecule has 0 unspecified atom stereocenters. The summed E-state index contributed by atoms with van der Waals surface area (Å²) in [5.74, 6) is 0.757. The molecular formula is C20H24N2O5S. The number of carbonyl (C=O) groups is 1. The van der Waals surface area contributed by atoms with Crippen molar-refractivity contribution in [3.05, 3.63) is 36.8 Å². The summed E-state index contributed by atoms with van der Waals surface area (Å²) in [6.45, 7) is 3.07. The molecule has 2 atom stereocenters. The third kappa shape index (κ3) is 3.31. The third-order valence-electron chi connectivity index (χ3n) is 5.72. The Kier molecular flexibility index (Phi) is 4.93. The smallest absolute Gasteiger partial charge is 0.243 e. The number of furan rings is 1. The SMILES string of the molecule is COc1ccc(S(=O)(=O)N2C[C@H]3CC[C@@H]2CN(C(C)=O)C3)cc1-c1ccoc1. The molecule has 150 valence electrons. The van der Waals surface area contributed by atoms with Crippen molar-refractivity contribution in [2.45, 2.75) is 30.7 Å². The van der Waals surface area contributed by atoms with E-state index in [1.165, 1.54) is 0 Å². The van der Waals surface area contributed by atoms with Gasteiger partial charge in [0.05, 0.1) is 24.5 Å². The number of benzene rings is 1. The summed E-state index contributed by atoms with van der Waals surface area (Å²) < 4.78 is 39.1. The van der Waals surface area contributed by atoms with E-state index < -0.39 is 10.0 Å². The first-order valence-corrected chi connectivity index (χ1v) is 10.8. The molecule has 28 heavy (non-hydrogen) atoms. The van der Waals surface area contributed by atoms with Crippen molar-refractivity contribution in [1.82, 2.24) is 9.21 Å². The van der Waals surface area contributed by atoms with Crippen molar-refractivity contribution in [2.75, 3.05) is 26.7 Å². The van der Waals surface area contributed by atoms with Crippen LogP contribution in [-0.4, -0.2) is 56.3 Å². The molecule has 8 heteroatoms. The van der Waals surface area contributed by atoms with Crippen molar-refractivity contribution in [2.24, 2.45) is 5.92 Å². The lowest BCUT2D eigenvalue weighted by Crippen LogP contribution is -2.47. The normalized spacial score (nSPS) is 22.9. The lowest BCUT2D eigenvalue weighted by molar-refractivity contribution is -0.129. The van der Waals surface area contributed by atoms with Crippen LogP contribution in [0.1, 0.15) is 19.8 Å². The minimum atomic E-state index is -3.69. The molecule has 0 saturated carbocycles. The van der Waals surface area contributed by atoms with Gasteiger partial charge in [0.2, 0.25) is 15.9 Å². The Bertz CT molecular complexity index is 970. The molecule has 0 aliphatic carbocycles. The summed E-state index contributed by atoms with van der Waals surface area (Å²) in [7, 11) is -2.14. The zero-order valence-corrected chi connectivity index (χ0v) is 16.8. The molecule has 1 aromatic heterocycles. The van der Waals surface area contributed by atoms with Crippen LogP contribution in [0.5, 0.6) is 5.75 Å². The maximum absolute atomic E-state index is 13.5. The van der Waals surface area contributed by atoms with Crippen molar-refractivity contribution in [3.63, 3.8) is 0 Å². The molecule has 3 aliphatic rings. The zero-order chi connectivity index (χ0) is 19.9. The molecule has 4 heterocycles. The van der Waals surface area contributed by atoms with E-state index in [2.05, 4.69) is 0 Å². The average molecular weight is 404 g/mol. The highest BCUT2D eigenvalue weighted by molar-refractivity contribution is 7.89. The maximum Gasteiger partial charge on any atom is 0.243 e. The fraction of sp³-hybridized carbons (Fsp3) is 0.450. The van der Waals surface area contributed by atoms with Gasteiger partial charge in [0.25, 0.3) is 0 Å². The standard InChI is InChI=1S/C20H24N2O5S/c1-14(23)21-10-15-3-4-17(12-21)22(11-15)28(24,25)18-5-6-20(26-2)19(9-18)16-7-8-27-13-16/h5-9,13,15,17H,3-4,10-12H2,1-2H3/t15-,17+/m0/s1. The minimum absolute atomic E-state index is 0.00263. The second kappa shape index (κ2) is 7.25. The topological polar surface area (TPSA) is 80.1 Å². The number of rotatable bonds is 4. The highest BCUT2D eigenvalue weighted by Crippen LogP contribution is 2.36. The molecule has 5 rings (SSSR count). The summed E-state index contributed by atoms with van der Waals surface area (Å²) in [6.07, 6.45) is 4.83. The Morgan fingerprint density at radius 1 is 1.18 bits per heavy atom. The monoisotopic (exact) mass is 404 g/mol. The van der Waals surface area contributed by atoms with E-state index in [9.17, 15) is 13.2 Å². The second-order valence-electron chi connectivity index (χ2n) is 7.47. The van der Waals surface area contributed by atoms with Gasteiger partial charge >= 0.3 is 0 Å². The van der Waals surface area contributed by atoms with Gasteiger partial charge in [-0.25, -0.2) is 8.42 Å².